The van der Waals surface area contributed by atoms with Crippen LogP contribution in [-0.2, 0) is 18.3 Å². The summed E-state index contributed by atoms with van der Waals surface area (Å²) in [5.74, 6) is 0.0833. The van der Waals surface area contributed by atoms with Crippen molar-refractivity contribution < 1.29 is 9.90 Å². The normalized spacial score (nSPS) is 17.4. The molecule has 1 aromatic rings. The molecule has 0 spiro atoms. The zero-order chi connectivity index (χ0) is 14.2. The van der Waals surface area contributed by atoms with Crippen LogP contribution in [0.4, 0.5) is 0 Å². The smallest absolute Gasteiger partial charge is 0.227 e. The van der Waals surface area contributed by atoms with Gasteiger partial charge < -0.3 is 10.0 Å². The van der Waals surface area contributed by atoms with E-state index in [-0.39, 0.29) is 5.91 Å². The van der Waals surface area contributed by atoms with Crippen molar-refractivity contribution in [2.24, 2.45) is 7.05 Å². The molecule has 5 heteroatoms. The number of carbonyl (C=O) groups is 1. The molecule has 19 heavy (non-hydrogen) atoms. The fourth-order valence-electron chi connectivity index (χ4n) is 2.80. The minimum atomic E-state index is -0.649. The number of hydrogen-bond acceptors (Lipinski definition) is 3. The molecule has 2 rings (SSSR count). The van der Waals surface area contributed by atoms with E-state index in [1.165, 1.54) is 0 Å². The minimum absolute atomic E-state index is 0.0833. The van der Waals surface area contributed by atoms with E-state index in [1.807, 2.05) is 32.5 Å². The first-order valence-corrected chi connectivity index (χ1v) is 6.85. The molecule has 106 valence electrons. The first kappa shape index (κ1) is 14.1. The Hall–Kier alpha value is -1.36. The van der Waals surface area contributed by atoms with Crippen molar-refractivity contribution in [2.75, 3.05) is 13.1 Å². The number of aromatic nitrogens is 2. The molecule has 5 nitrogen and oxygen atoms in total. The van der Waals surface area contributed by atoms with Crippen LogP contribution in [0.3, 0.4) is 0 Å². The number of likely N-dealkylation sites (tertiary alicyclic amines) is 1. The van der Waals surface area contributed by atoms with Crippen molar-refractivity contribution in [3.63, 3.8) is 0 Å². The highest BCUT2D eigenvalue weighted by molar-refractivity contribution is 5.80. The standard InChI is InChI=1S/C14H23N3O2/c1-5-6-14(19)8-17(9-14)13(18)7-12-10(2)15-16(4)11(12)3/h19H,5-9H2,1-4H3. The van der Waals surface area contributed by atoms with E-state index in [0.29, 0.717) is 19.5 Å². The van der Waals surface area contributed by atoms with Gasteiger partial charge in [0.25, 0.3) is 0 Å². The Morgan fingerprint density at radius 2 is 2.05 bits per heavy atom. The summed E-state index contributed by atoms with van der Waals surface area (Å²) in [6.45, 7) is 6.89. The molecule has 0 aromatic carbocycles. The molecular formula is C14H23N3O2. The molecule has 1 aromatic heterocycles. The predicted molar refractivity (Wildman–Crippen MR) is 72.8 cm³/mol. The number of hydrogen-bond donors (Lipinski definition) is 1. The van der Waals surface area contributed by atoms with Gasteiger partial charge in [0.2, 0.25) is 5.91 Å². The van der Waals surface area contributed by atoms with E-state index in [4.69, 9.17) is 0 Å². The summed E-state index contributed by atoms with van der Waals surface area (Å²) in [5, 5.41) is 14.4. The van der Waals surface area contributed by atoms with Crippen molar-refractivity contribution in [1.29, 1.82) is 0 Å². The molecule has 1 amide bonds. The van der Waals surface area contributed by atoms with Gasteiger partial charge in [0.15, 0.2) is 0 Å². The predicted octanol–water partition coefficient (Wildman–Crippen LogP) is 0.953. The maximum absolute atomic E-state index is 12.2. The number of nitrogens with zero attached hydrogens (tertiary/aromatic N) is 3. The third-order valence-corrected chi connectivity index (χ3v) is 4.03. The molecule has 0 atom stereocenters. The lowest BCUT2D eigenvalue weighted by Crippen LogP contribution is -2.63. The Labute approximate surface area is 114 Å². The van der Waals surface area contributed by atoms with Gasteiger partial charge in [-0.05, 0) is 20.3 Å². The fraction of sp³-hybridized carbons (Fsp3) is 0.714. The Balaban J connectivity index is 1.96. The van der Waals surface area contributed by atoms with Crippen molar-refractivity contribution in [2.45, 2.75) is 45.6 Å². The van der Waals surface area contributed by atoms with Crippen molar-refractivity contribution in [1.82, 2.24) is 14.7 Å². The van der Waals surface area contributed by atoms with E-state index in [0.717, 1.165) is 29.8 Å². The number of β-amino-alcohol motifs (C(OH)–C–C–N with tert-alkyl or cyclic N) is 1. The maximum atomic E-state index is 12.2. The summed E-state index contributed by atoms with van der Waals surface area (Å²) in [5.41, 5.74) is 2.31. The Kier molecular flexibility index (Phi) is 3.67. The van der Waals surface area contributed by atoms with E-state index in [2.05, 4.69) is 5.10 Å². The Morgan fingerprint density at radius 1 is 1.42 bits per heavy atom. The highest BCUT2D eigenvalue weighted by Gasteiger charge is 2.42. The molecule has 0 bridgehead atoms. The zero-order valence-electron chi connectivity index (χ0n) is 12.2. The molecule has 1 aliphatic rings. The fourth-order valence-corrected chi connectivity index (χ4v) is 2.80. The van der Waals surface area contributed by atoms with Crippen LogP contribution in [0.1, 0.15) is 36.7 Å². The van der Waals surface area contributed by atoms with Crippen LogP contribution < -0.4 is 0 Å². The molecule has 0 radical (unpaired) electrons. The van der Waals surface area contributed by atoms with Crippen LogP contribution in [0.5, 0.6) is 0 Å². The molecular weight excluding hydrogens is 242 g/mol. The Bertz CT molecular complexity index is 487. The second kappa shape index (κ2) is 4.96. The second-order valence-corrected chi connectivity index (χ2v) is 5.67. The number of rotatable bonds is 4. The van der Waals surface area contributed by atoms with Gasteiger partial charge in [0, 0.05) is 18.3 Å². The third-order valence-electron chi connectivity index (χ3n) is 4.03. The second-order valence-electron chi connectivity index (χ2n) is 5.67. The average molecular weight is 265 g/mol. The van der Waals surface area contributed by atoms with E-state index in [1.54, 1.807) is 4.90 Å². The lowest BCUT2D eigenvalue weighted by molar-refractivity contribution is -0.155. The van der Waals surface area contributed by atoms with E-state index < -0.39 is 5.60 Å². The number of carbonyl (C=O) groups excluding carboxylic acids is 1. The highest BCUT2D eigenvalue weighted by atomic mass is 16.3. The first-order chi connectivity index (χ1) is 8.86. The number of amides is 1. The number of aliphatic hydroxyl groups is 1. The topological polar surface area (TPSA) is 58.4 Å². The molecule has 1 N–H and O–H groups in total. The van der Waals surface area contributed by atoms with Crippen molar-refractivity contribution in [3.05, 3.63) is 17.0 Å². The summed E-state index contributed by atoms with van der Waals surface area (Å²) in [4.78, 5) is 13.9. The maximum Gasteiger partial charge on any atom is 0.227 e. The van der Waals surface area contributed by atoms with Gasteiger partial charge in [-0.1, -0.05) is 13.3 Å². The first-order valence-electron chi connectivity index (χ1n) is 6.85. The van der Waals surface area contributed by atoms with E-state index >= 15 is 0 Å². The Morgan fingerprint density at radius 3 is 2.53 bits per heavy atom. The van der Waals surface area contributed by atoms with Crippen LogP contribution >= 0.6 is 0 Å². The van der Waals surface area contributed by atoms with Gasteiger partial charge in [0.05, 0.1) is 30.8 Å². The van der Waals surface area contributed by atoms with Gasteiger partial charge in [-0.15, -0.1) is 0 Å². The van der Waals surface area contributed by atoms with Crippen molar-refractivity contribution >= 4 is 5.91 Å². The summed E-state index contributed by atoms with van der Waals surface area (Å²) in [6.07, 6.45) is 2.09. The molecule has 1 saturated heterocycles. The van der Waals surface area contributed by atoms with Gasteiger partial charge >= 0.3 is 0 Å². The quantitative estimate of drug-likeness (QED) is 0.882. The molecule has 0 saturated carbocycles. The summed E-state index contributed by atoms with van der Waals surface area (Å²) in [7, 11) is 1.89. The van der Waals surface area contributed by atoms with E-state index in [9.17, 15) is 9.90 Å². The summed E-state index contributed by atoms with van der Waals surface area (Å²) >= 11 is 0. The van der Waals surface area contributed by atoms with Crippen LogP contribution in [0.25, 0.3) is 0 Å². The van der Waals surface area contributed by atoms with Crippen LogP contribution in [0.15, 0.2) is 0 Å². The zero-order valence-corrected chi connectivity index (χ0v) is 12.2. The van der Waals surface area contributed by atoms with Gasteiger partial charge in [0.1, 0.15) is 0 Å². The largest absolute Gasteiger partial charge is 0.386 e. The molecule has 2 heterocycles. The minimum Gasteiger partial charge on any atom is -0.386 e. The van der Waals surface area contributed by atoms with Crippen LogP contribution in [-0.4, -0.2) is 44.4 Å². The SMILES string of the molecule is CCCC1(O)CN(C(=O)Cc2c(C)nn(C)c2C)C1. The molecule has 0 aliphatic carbocycles. The summed E-state index contributed by atoms with van der Waals surface area (Å²) < 4.78 is 1.81. The lowest BCUT2D eigenvalue weighted by Gasteiger charge is -2.46. The molecule has 1 aliphatic heterocycles. The third kappa shape index (κ3) is 2.66. The van der Waals surface area contributed by atoms with Gasteiger partial charge in [-0.25, -0.2) is 0 Å². The van der Waals surface area contributed by atoms with Crippen LogP contribution in [0.2, 0.25) is 0 Å². The van der Waals surface area contributed by atoms with Gasteiger partial charge in [-0.2, -0.15) is 5.10 Å². The van der Waals surface area contributed by atoms with Crippen molar-refractivity contribution in [3.8, 4) is 0 Å². The lowest BCUT2D eigenvalue weighted by atomic mass is 9.89. The number of aryl methyl sites for hydroxylation is 2. The molecule has 1 fully saturated rings. The monoisotopic (exact) mass is 265 g/mol. The average Bonchev–Trinajstić information content (AvgIpc) is 2.53. The summed E-state index contributed by atoms with van der Waals surface area (Å²) in [6, 6.07) is 0. The van der Waals surface area contributed by atoms with Gasteiger partial charge in [-0.3, -0.25) is 9.48 Å². The van der Waals surface area contributed by atoms with Crippen LogP contribution in [0, 0.1) is 13.8 Å². The highest BCUT2D eigenvalue weighted by Crippen LogP contribution is 2.26. The molecule has 0 unspecified atom stereocenters.